The van der Waals surface area contributed by atoms with Crippen LogP contribution >= 0.6 is 0 Å². The minimum atomic E-state index is 0.265. The van der Waals surface area contributed by atoms with Crippen molar-refractivity contribution in [3.05, 3.63) is 18.2 Å². The van der Waals surface area contributed by atoms with Crippen LogP contribution in [-0.4, -0.2) is 16.5 Å². The molecule has 3 heteroatoms. The molecule has 1 unspecified atom stereocenters. The van der Waals surface area contributed by atoms with E-state index in [1.54, 1.807) is 6.20 Å². The second-order valence-corrected chi connectivity index (χ2v) is 3.22. The Morgan fingerprint density at radius 1 is 1.71 bits per heavy atom. The third kappa shape index (κ3) is 3.23. The van der Waals surface area contributed by atoms with Crippen LogP contribution in [0.4, 0.5) is 0 Å². The number of rotatable bonds is 6. The second-order valence-electron chi connectivity index (χ2n) is 3.22. The minimum absolute atomic E-state index is 0.265. The first-order chi connectivity index (χ1) is 6.88. The fourth-order valence-corrected chi connectivity index (χ4v) is 1.35. The Hall–Kier alpha value is -1.27. The van der Waals surface area contributed by atoms with Gasteiger partial charge in [-0.15, -0.1) is 12.3 Å². The molecule has 1 atom stereocenters. The molecular weight excluding hydrogens is 174 g/mol. The van der Waals surface area contributed by atoms with Gasteiger partial charge in [-0.25, -0.2) is 4.98 Å². The first kappa shape index (κ1) is 10.8. The largest absolute Gasteiger partial charge is 0.347 e. The van der Waals surface area contributed by atoms with Crippen molar-refractivity contribution >= 4 is 0 Å². The first-order valence-electron chi connectivity index (χ1n) is 5.04. The van der Waals surface area contributed by atoms with E-state index in [1.165, 1.54) is 0 Å². The fraction of sp³-hybridized carbons (Fsp3) is 0.545. The molecule has 1 aromatic heterocycles. The number of nitrogens with one attached hydrogen (secondary N) is 2. The summed E-state index contributed by atoms with van der Waals surface area (Å²) in [4.78, 5) is 7.35. The number of terminal acetylenes is 1. The van der Waals surface area contributed by atoms with Crippen LogP contribution in [0.25, 0.3) is 0 Å². The summed E-state index contributed by atoms with van der Waals surface area (Å²) in [5.74, 6) is 3.64. The summed E-state index contributed by atoms with van der Waals surface area (Å²) in [6.07, 6.45) is 11.7. The monoisotopic (exact) mass is 191 g/mol. The Morgan fingerprint density at radius 3 is 3.14 bits per heavy atom. The van der Waals surface area contributed by atoms with E-state index in [9.17, 15) is 0 Å². The molecule has 0 aliphatic heterocycles. The lowest BCUT2D eigenvalue weighted by Gasteiger charge is -2.14. The average Bonchev–Trinajstić information content (AvgIpc) is 2.71. The maximum absolute atomic E-state index is 5.25. The number of H-pyrrole nitrogens is 1. The molecule has 76 valence electrons. The quantitative estimate of drug-likeness (QED) is 0.674. The van der Waals surface area contributed by atoms with Gasteiger partial charge in [-0.3, -0.25) is 0 Å². The van der Waals surface area contributed by atoms with Gasteiger partial charge in [0.05, 0.1) is 6.04 Å². The summed E-state index contributed by atoms with van der Waals surface area (Å²) in [7, 11) is 0. The average molecular weight is 191 g/mol. The van der Waals surface area contributed by atoms with Gasteiger partial charge in [-0.1, -0.05) is 6.92 Å². The second kappa shape index (κ2) is 6.22. The molecule has 0 radical (unpaired) electrons. The molecule has 14 heavy (non-hydrogen) atoms. The summed E-state index contributed by atoms with van der Waals surface area (Å²) in [5, 5.41) is 3.42. The fourth-order valence-electron chi connectivity index (χ4n) is 1.35. The molecule has 0 spiro atoms. The van der Waals surface area contributed by atoms with Crippen LogP contribution in [0, 0.1) is 12.3 Å². The molecule has 0 amide bonds. The number of aromatic nitrogens is 2. The molecule has 2 N–H and O–H groups in total. The minimum Gasteiger partial charge on any atom is -0.347 e. The van der Waals surface area contributed by atoms with Crippen LogP contribution in [0.3, 0.4) is 0 Å². The lowest BCUT2D eigenvalue weighted by molar-refractivity contribution is 0.486. The van der Waals surface area contributed by atoms with Gasteiger partial charge in [0.15, 0.2) is 0 Å². The van der Waals surface area contributed by atoms with E-state index in [2.05, 4.69) is 28.1 Å². The van der Waals surface area contributed by atoms with Gasteiger partial charge in [0.1, 0.15) is 5.82 Å². The third-order valence-electron chi connectivity index (χ3n) is 2.07. The highest BCUT2D eigenvalue weighted by Gasteiger charge is 2.11. The van der Waals surface area contributed by atoms with Crippen molar-refractivity contribution in [2.75, 3.05) is 6.54 Å². The maximum atomic E-state index is 5.25. The Labute approximate surface area is 85.3 Å². The van der Waals surface area contributed by atoms with E-state index in [1.807, 2.05) is 6.20 Å². The molecule has 0 saturated carbocycles. The number of aromatic amines is 1. The van der Waals surface area contributed by atoms with Crippen molar-refractivity contribution in [1.82, 2.24) is 15.3 Å². The maximum Gasteiger partial charge on any atom is 0.123 e. The zero-order valence-electron chi connectivity index (χ0n) is 8.59. The number of imidazole rings is 1. The molecule has 1 aromatic rings. The SMILES string of the molecule is C#CCCC(NCCC)c1ncc[nH]1. The van der Waals surface area contributed by atoms with Crippen LogP contribution in [0.5, 0.6) is 0 Å². The van der Waals surface area contributed by atoms with Crippen LogP contribution in [0.2, 0.25) is 0 Å². The highest BCUT2D eigenvalue weighted by atomic mass is 15.0. The molecule has 3 nitrogen and oxygen atoms in total. The molecular formula is C11H17N3. The highest BCUT2D eigenvalue weighted by Crippen LogP contribution is 2.13. The Kier molecular flexibility index (Phi) is 4.81. The normalized spacial score (nSPS) is 12.3. The van der Waals surface area contributed by atoms with Crippen LogP contribution in [0.1, 0.15) is 38.1 Å². The van der Waals surface area contributed by atoms with E-state index in [-0.39, 0.29) is 6.04 Å². The lowest BCUT2D eigenvalue weighted by atomic mass is 10.1. The number of nitrogens with zero attached hydrogens (tertiary/aromatic N) is 1. The molecule has 1 rings (SSSR count). The van der Waals surface area contributed by atoms with Crippen LogP contribution in [0.15, 0.2) is 12.4 Å². The first-order valence-corrected chi connectivity index (χ1v) is 5.04. The molecule has 1 heterocycles. The smallest absolute Gasteiger partial charge is 0.123 e. The van der Waals surface area contributed by atoms with Crippen molar-refractivity contribution in [3.8, 4) is 12.3 Å². The van der Waals surface area contributed by atoms with Crippen molar-refractivity contribution in [1.29, 1.82) is 0 Å². The Morgan fingerprint density at radius 2 is 2.57 bits per heavy atom. The predicted molar refractivity (Wildman–Crippen MR) is 57.7 cm³/mol. The highest BCUT2D eigenvalue weighted by molar-refractivity contribution is 4.97. The number of hydrogen-bond acceptors (Lipinski definition) is 2. The van der Waals surface area contributed by atoms with Gasteiger partial charge < -0.3 is 10.3 Å². The molecule has 0 aliphatic rings. The van der Waals surface area contributed by atoms with Gasteiger partial charge in [-0.2, -0.15) is 0 Å². The summed E-state index contributed by atoms with van der Waals surface area (Å²) in [6, 6.07) is 0.265. The van der Waals surface area contributed by atoms with Crippen molar-refractivity contribution in [2.24, 2.45) is 0 Å². The summed E-state index contributed by atoms with van der Waals surface area (Å²) in [5.41, 5.74) is 0. The molecule has 0 bridgehead atoms. The van der Waals surface area contributed by atoms with Gasteiger partial charge in [0.2, 0.25) is 0 Å². The van der Waals surface area contributed by atoms with E-state index in [4.69, 9.17) is 6.42 Å². The standard InChI is InChI=1S/C11H17N3/c1-3-5-6-10(12-7-4-2)11-13-8-9-14-11/h1,8-10,12H,4-7H2,2H3,(H,13,14). The van der Waals surface area contributed by atoms with Crippen LogP contribution < -0.4 is 5.32 Å². The summed E-state index contributed by atoms with van der Waals surface area (Å²) < 4.78 is 0. The summed E-state index contributed by atoms with van der Waals surface area (Å²) >= 11 is 0. The van der Waals surface area contributed by atoms with E-state index < -0.39 is 0 Å². The number of hydrogen-bond donors (Lipinski definition) is 2. The van der Waals surface area contributed by atoms with Gasteiger partial charge in [0.25, 0.3) is 0 Å². The predicted octanol–water partition coefficient (Wildman–Crippen LogP) is 1.86. The molecule has 0 saturated heterocycles. The molecule has 0 aromatic carbocycles. The van der Waals surface area contributed by atoms with Gasteiger partial charge >= 0.3 is 0 Å². The van der Waals surface area contributed by atoms with E-state index >= 15 is 0 Å². The zero-order valence-corrected chi connectivity index (χ0v) is 8.59. The van der Waals surface area contributed by atoms with Gasteiger partial charge in [-0.05, 0) is 19.4 Å². The topological polar surface area (TPSA) is 40.7 Å². The molecule has 0 fully saturated rings. The van der Waals surface area contributed by atoms with Crippen molar-refractivity contribution < 1.29 is 0 Å². The van der Waals surface area contributed by atoms with Crippen LogP contribution in [-0.2, 0) is 0 Å². The zero-order chi connectivity index (χ0) is 10.2. The van der Waals surface area contributed by atoms with E-state index in [0.717, 1.165) is 31.6 Å². The van der Waals surface area contributed by atoms with Crippen molar-refractivity contribution in [2.45, 2.75) is 32.2 Å². The Balaban J connectivity index is 2.49. The van der Waals surface area contributed by atoms with Crippen molar-refractivity contribution in [3.63, 3.8) is 0 Å². The lowest BCUT2D eigenvalue weighted by Crippen LogP contribution is -2.23. The van der Waals surface area contributed by atoms with E-state index in [0.29, 0.717) is 0 Å². The Bertz CT molecular complexity index is 271. The third-order valence-corrected chi connectivity index (χ3v) is 2.07. The van der Waals surface area contributed by atoms with Gasteiger partial charge in [0, 0.05) is 18.8 Å². The molecule has 0 aliphatic carbocycles. The summed E-state index contributed by atoms with van der Waals surface area (Å²) in [6.45, 7) is 3.14.